The van der Waals surface area contributed by atoms with Crippen LogP contribution in [0.15, 0.2) is 0 Å². The molecule has 0 heterocycles. The number of carbonyl (C=O) groups is 2. The molecule has 0 radical (unpaired) electrons. The molecule has 0 fully saturated rings. The van der Waals surface area contributed by atoms with Crippen molar-refractivity contribution in [2.24, 2.45) is 0 Å². The van der Waals surface area contributed by atoms with Gasteiger partial charge in [0.25, 0.3) is 0 Å². The summed E-state index contributed by atoms with van der Waals surface area (Å²) in [5.41, 5.74) is 0. The van der Waals surface area contributed by atoms with E-state index >= 15 is 0 Å². The van der Waals surface area contributed by atoms with E-state index in [2.05, 4.69) is 0 Å². The molecule has 52 heavy (non-hydrogen) atoms. The summed E-state index contributed by atoms with van der Waals surface area (Å²) in [6.45, 7) is 0. The standard InChI is InChI=1S/C18H4F30O4/c19-5(20,7(23,24)11(31,32)15(39,40)41)9(27,28)13(35,36)17(45,46)51-3(49)1-2-4(50)52-18(47,48)14(37,38)10(29,30)6(21,22)8(25,26)12(33,34)16(42,43)44/h1-2H2. The predicted molar refractivity (Wildman–Crippen MR) is 92.9 cm³/mol. The summed E-state index contributed by atoms with van der Waals surface area (Å²) in [7, 11) is 0. The molecule has 0 bridgehead atoms. The van der Waals surface area contributed by atoms with Crippen molar-refractivity contribution in [2.45, 2.75) is 96.6 Å². The van der Waals surface area contributed by atoms with Crippen LogP contribution in [0.25, 0.3) is 0 Å². The highest BCUT2D eigenvalue weighted by Gasteiger charge is 2.95. The zero-order valence-electron chi connectivity index (χ0n) is 22.4. The molecule has 0 aliphatic carbocycles. The van der Waals surface area contributed by atoms with Crippen LogP contribution >= 0.6 is 0 Å². The van der Waals surface area contributed by atoms with Gasteiger partial charge < -0.3 is 9.47 Å². The number of ether oxygens (including phenoxy) is 2. The summed E-state index contributed by atoms with van der Waals surface area (Å²) in [5.74, 6) is -94.7. The van der Waals surface area contributed by atoms with Gasteiger partial charge in [-0.15, -0.1) is 0 Å². The third kappa shape index (κ3) is 6.85. The maximum Gasteiger partial charge on any atom is 0.473 e. The summed E-state index contributed by atoms with van der Waals surface area (Å²) in [6, 6.07) is 0. The van der Waals surface area contributed by atoms with E-state index < -0.39 is 109 Å². The summed E-state index contributed by atoms with van der Waals surface area (Å²) in [6.07, 6.45) is -37.7. The van der Waals surface area contributed by atoms with Gasteiger partial charge in [-0.25, -0.2) is 0 Å². The Hall–Kier alpha value is -3.16. The second kappa shape index (κ2) is 12.7. The average molecular weight is 854 g/mol. The van der Waals surface area contributed by atoms with E-state index in [1.807, 2.05) is 9.47 Å². The molecule has 0 spiro atoms. The maximum absolute atomic E-state index is 13.5. The summed E-state index contributed by atoms with van der Waals surface area (Å²) < 4.78 is 395. The van der Waals surface area contributed by atoms with Crippen LogP contribution in [-0.4, -0.2) is 95.7 Å². The van der Waals surface area contributed by atoms with Gasteiger partial charge in [0.15, 0.2) is 0 Å². The van der Waals surface area contributed by atoms with Crippen molar-refractivity contribution in [1.82, 2.24) is 0 Å². The highest BCUT2D eigenvalue weighted by molar-refractivity contribution is 5.78. The van der Waals surface area contributed by atoms with Crippen LogP contribution in [0.4, 0.5) is 132 Å². The summed E-state index contributed by atoms with van der Waals surface area (Å²) in [5, 5.41) is 0. The topological polar surface area (TPSA) is 52.6 Å². The van der Waals surface area contributed by atoms with Gasteiger partial charge in [-0.05, 0) is 0 Å². The molecule has 310 valence electrons. The predicted octanol–water partition coefficient (Wildman–Crippen LogP) is 9.52. The molecule has 0 amide bonds. The Morgan fingerprint density at radius 3 is 0.596 bits per heavy atom. The Morgan fingerprint density at radius 1 is 0.269 bits per heavy atom. The van der Waals surface area contributed by atoms with Crippen LogP contribution in [0, 0.1) is 0 Å². The van der Waals surface area contributed by atoms with Crippen LogP contribution < -0.4 is 0 Å². The minimum absolute atomic E-state index is 1.99. The number of rotatable bonds is 15. The number of esters is 2. The van der Waals surface area contributed by atoms with E-state index in [9.17, 15) is 141 Å². The molecule has 0 aromatic heterocycles. The quantitative estimate of drug-likeness (QED) is 0.122. The first-order chi connectivity index (χ1) is 22.0. The number of hydrogen-bond acceptors (Lipinski definition) is 4. The Morgan fingerprint density at radius 2 is 0.423 bits per heavy atom. The van der Waals surface area contributed by atoms with E-state index in [0.29, 0.717) is 0 Å². The van der Waals surface area contributed by atoms with Gasteiger partial charge in [-0.3, -0.25) is 9.59 Å². The first-order valence-electron chi connectivity index (χ1n) is 11.1. The van der Waals surface area contributed by atoms with E-state index in [1.165, 1.54) is 0 Å². The maximum atomic E-state index is 13.5. The highest BCUT2D eigenvalue weighted by atomic mass is 19.4. The third-order valence-corrected chi connectivity index (χ3v) is 5.62. The second-order valence-corrected chi connectivity index (χ2v) is 9.22. The van der Waals surface area contributed by atoms with Crippen molar-refractivity contribution < 1.29 is 151 Å². The average Bonchev–Trinajstić information content (AvgIpc) is 2.88. The van der Waals surface area contributed by atoms with Crippen LogP contribution in [0.2, 0.25) is 0 Å². The van der Waals surface area contributed by atoms with Gasteiger partial charge in [0.1, 0.15) is 0 Å². The van der Waals surface area contributed by atoms with Crippen molar-refractivity contribution >= 4 is 11.9 Å². The molecular formula is C18H4F30O4. The number of alkyl halides is 30. The Labute approximate surface area is 260 Å². The molecule has 0 aromatic carbocycles. The normalized spacial score (nSPS) is 16.2. The Balaban J connectivity index is 6.25. The first-order valence-corrected chi connectivity index (χ1v) is 11.1. The van der Waals surface area contributed by atoms with Crippen LogP contribution in [-0.2, 0) is 19.1 Å². The molecular weight excluding hydrogens is 850 g/mol. The second-order valence-electron chi connectivity index (χ2n) is 9.22. The molecule has 34 heteroatoms. The molecule has 0 atom stereocenters. The van der Waals surface area contributed by atoms with Crippen LogP contribution in [0.1, 0.15) is 12.8 Å². The number of hydrogen-bond donors (Lipinski definition) is 0. The van der Waals surface area contributed by atoms with Crippen molar-refractivity contribution in [3.05, 3.63) is 0 Å². The number of halogens is 30. The van der Waals surface area contributed by atoms with Gasteiger partial charge in [0, 0.05) is 0 Å². The Kier molecular flexibility index (Phi) is 11.9. The van der Waals surface area contributed by atoms with E-state index in [4.69, 9.17) is 0 Å². The lowest BCUT2D eigenvalue weighted by molar-refractivity contribution is -0.468. The van der Waals surface area contributed by atoms with E-state index in [-0.39, 0.29) is 0 Å². The van der Waals surface area contributed by atoms with Crippen molar-refractivity contribution in [2.75, 3.05) is 0 Å². The fourth-order valence-corrected chi connectivity index (χ4v) is 2.62. The molecule has 0 aliphatic heterocycles. The lowest BCUT2D eigenvalue weighted by Crippen LogP contribution is -2.73. The zero-order valence-corrected chi connectivity index (χ0v) is 22.4. The molecule has 0 saturated heterocycles. The molecule has 0 aliphatic rings. The van der Waals surface area contributed by atoms with Gasteiger partial charge in [0.2, 0.25) is 0 Å². The highest BCUT2D eigenvalue weighted by Crippen LogP contribution is 2.64. The fourth-order valence-electron chi connectivity index (χ4n) is 2.62. The molecule has 0 saturated carbocycles. The molecule has 0 aromatic rings. The van der Waals surface area contributed by atoms with Crippen LogP contribution in [0.5, 0.6) is 0 Å². The molecule has 0 rings (SSSR count). The largest absolute Gasteiger partial charge is 0.473 e. The van der Waals surface area contributed by atoms with Crippen LogP contribution in [0.3, 0.4) is 0 Å². The smallest absolute Gasteiger partial charge is 0.396 e. The van der Waals surface area contributed by atoms with Gasteiger partial charge in [-0.2, -0.15) is 132 Å². The number of carbonyl (C=O) groups excluding carboxylic acids is 2. The molecule has 0 N–H and O–H groups in total. The summed E-state index contributed by atoms with van der Waals surface area (Å²) >= 11 is 0. The SMILES string of the molecule is O=C(CCC(=O)OC(F)(F)C(F)(F)C(F)(F)C(F)(F)C(F)(F)C(F)(F)C(F)(F)F)OC(F)(F)C(F)(F)C(F)(F)C(F)(F)C(F)(F)C(F)(F)C(F)(F)F. The minimum atomic E-state index is -8.94. The van der Waals surface area contributed by atoms with Gasteiger partial charge >= 0.3 is 95.7 Å². The van der Waals surface area contributed by atoms with Crippen molar-refractivity contribution in [1.29, 1.82) is 0 Å². The first kappa shape index (κ1) is 48.8. The molecule has 4 nitrogen and oxygen atoms in total. The van der Waals surface area contributed by atoms with E-state index in [0.717, 1.165) is 0 Å². The lowest BCUT2D eigenvalue weighted by atomic mass is 9.93. The van der Waals surface area contributed by atoms with Gasteiger partial charge in [-0.1, -0.05) is 0 Å². The summed E-state index contributed by atoms with van der Waals surface area (Å²) in [4.78, 5) is 22.2. The monoisotopic (exact) mass is 854 g/mol. The van der Waals surface area contributed by atoms with Gasteiger partial charge in [0.05, 0.1) is 12.8 Å². The Bertz CT molecular complexity index is 1220. The van der Waals surface area contributed by atoms with Crippen molar-refractivity contribution in [3.8, 4) is 0 Å². The fraction of sp³-hybridized carbons (Fsp3) is 0.889. The van der Waals surface area contributed by atoms with E-state index in [1.54, 1.807) is 0 Å². The lowest BCUT2D eigenvalue weighted by Gasteiger charge is -2.40. The minimum Gasteiger partial charge on any atom is -0.396 e. The zero-order chi connectivity index (χ0) is 43.0. The third-order valence-electron chi connectivity index (χ3n) is 5.62. The molecule has 0 unspecified atom stereocenters. The van der Waals surface area contributed by atoms with Crippen molar-refractivity contribution in [3.63, 3.8) is 0 Å².